The fourth-order valence-electron chi connectivity index (χ4n) is 5.19. The third-order valence-corrected chi connectivity index (χ3v) is 8.13. The first-order valence-corrected chi connectivity index (χ1v) is 14.8. The molecule has 0 bridgehead atoms. The van der Waals surface area contributed by atoms with Gasteiger partial charge in [-0.25, -0.2) is 0 Å². The molecule has 0 aromatic rings. The number of unbranched alkanes of at least 4 members (excludes halogenated alkanes) is 11. The Bertz CT molecular complexity index is 765. The zero-order valence-corrected chi connectivity index (χ0v) is 24.0. The second-order valence-corrected chi connectivity index (χ2v) is 11.2. The van der Waals surface area contributed by atoms with Crippen molar-refractivity contribution in [3.05, 3.63) is 11.3 Å². The molecular formula is C29H51NO9. The number of rotatable bonds is 18. The molecule has 10 heteroatoms. The van der Waals surface area contributed by atoms with Gasteiger partial charge in [-0.05, 0) is 19.8 Å². The lowest BCUT2D eigenvalue weighted by Crippen LogP contribution is -2.59. The predicted octanol–water partition coefficient (Wildman–Crippen LogP) is 2.75. The minimum absolute atomic E-state index is 0.0288. The average Bonchev–Trinajstić information content (AvgIpc) is 3.12. The van der Waals surface area contributed by atoms with E-state index in [2.05, 4.69) is 0 Å². The summed E-state index contributed by atoms with van der Waals surface area (Å²) in [7, 11) is 1.59. The van der Waals surface area contributed by atoms with Crippen LogP contribution in [0.25, 0.3) is 0 Å². The number of likely N-dealkylation sites (tertiary alicyclic amines) is 1. The molecule has 2 saturated heterocycles. The first-order valence-electron chi connectivity index (χ1n) is 14.8. The minimum atomic E-state index is -1.41. The van der Waals surface area contributed by atoms with Crippen LogP contribution in [-0.4, -0.2) is 99.1 Å². The second kappa shape index (κ2) is 17.3. The highest BCUT2D eigenvalue weighted by Gasteiger charge is 2.44. The van der Waals surface area contributed by atoms with E-state index in [-0.39, 0.29) is 28.9 Å². The molecule has 2 aliphatic rings. The molecule has 2 rings (SSSR count). The molecule has 1 amide bonds. The summed E-state index contributed by atoms with van der Waals surface area (Å²) < 4.78 is 10.8. The number of likely N-dealkylation sites (N-methyl/N-ethyl adjacent to an activating group) is 1. The van der Waals surface area contributed by atoms with Gasteiger partial charge in [0.25, 0.3) is 5.91 Å². The molecule has 10 nitrogen and oxygen atoms in total. The summed E-state index contributed by atoms with van der Waals surface area (Å²) in [5.74, 6) is -0.904. The van der Waals surface area contributed by atoms with E-state index in [1.807, 2.05) is 6.92 Å². The molecule has 2 heterocycles. The molecule has 2 aliphatic heterocycles. The van der Waals surface area contributed by atoms with Gasteiger partial charge in [-0.15, -0.1) is 0 Å². The monoisotopic (exact) mass is 557 g/mol. The van der Waals surface area contributed by atoms with E-state index in [1.165, 1.54) is 37.0 Å². The minimum Gasteiger partial charge on any atom is -0.511 e. The van der Waals surface area contributed by atoms with Gasteiger partial charge in [0.1, 0.15) is 35.7 Å². The largest absolute Gasteiger partial charge is 0.511 e. The van der Waals surface area contributed by atoms with Crippen LogP contribution in [0.4, 0.5) is 0 Å². The highest BCUT2D eigenvalue weighted by Crippen LogP contribution is 2.27. The van der Waals surface area contributed by atoms with Gasteiger partial charge in [0, 0.05) is 19.6 Å². The van der Waals surface area contributed by atoms with Gasteiger partial charge in [0.05, 0.1) is 12.6 Å². The van der Waals surface area contributed by atoms with Crippen molar-refractivity contribution in [2.24, 2.45) is 5.92 Å². The number of nitrogens with zero attached hydrogens (tertiary/aromatic N) is 1. The van der Waals surface area contributed by atoms with Gasteiger partial charge in [0.15, 0.2) is 12.1 Å². The maximum Gasteiger partial charge on any atom is 0.261 e. The molecule has 226 valence electrons. The molecule has 0 saturated carbocycles. The van der Waals surface area contributed by atoms with Gasteiger partial charge < -0.3 is 39.9 Å². The fraction of sp³-hybridized carbons (Fsp3) is 0.862. The summed E-state index contributed by atoms with van der Waals surface area (Å²) in [6.07, 6.45) is 7.97. The molecule has 7 atom stereocenters. The molecule has 39 heavy (non-hydrogen) atoms. The van der Waals surface area contributed by atoms with Crippen LogP contribution < -0.4 is 0 Å². The number of aliphatic hydroxyl groups excluding tert-OH is 5. The van der Waals surface area contributed by atoms with Gasteiger partial charge >= 0.3 is 0 Å². The Kier molecular flexibility index (Phi) is 14.9. The summed E-state index contributed by atoms with van der Waals surface area (Å²) >= 11 is 0. The third kappa shape index (κ3) is 9.79. The molecule has 2 fully saturated rings. The van der Waals surface area contributed by atoms with Gasteiger partial charge in [-0.1, -0.05) is 77.6 Å². The van der Waals surface area contributed by atoms with E-state index in [9.17, 15) is 35.1 Å². The maximum atomic E-state index is 12.3. The van der Waals surface area contributed by atoms with Crippen molar-refractivity contribution < 1.29 is 44.6 Å². The fourth-order valence-corrected chi connectivity index (χ4v) is 5.19. The van der Waals surface area contributed by atoms with Crippen LogP contribution in [0, 0.1) is 5.92 Å². The number of carbonyl (C=O) groups is 2. The highest BCUT2D eigenvalue weighted by molar-refractivity contribution is 6.26. The van der Waals surface area contributed by atoms with Crippen LogP contribution in [0.1, 0.15) is 97.3 Å². The van der Waals surface area contributed by atoms with E-state index < -0.39 is 43.4 Å². The number of Topliss-reactive ketones (excluding diaryl/α,β-unsaturated/α-hetero) is 1. The van der Waals surface area contributed by atoms with Crippen molar-refractivity contribution in [1.29, 1.82) is 0 Å². The van der Waals surface area contributed by atoms with E-state index in [0.717, 1.165) is 51.4 Å². The summed E-state index contributed by atoms with van der Waals surface area (Å²) in [6, 6.07) is -0.505. The first kappa shape index (κ1) is 33.6. The predicted molar refractivity (Wildman–Crippen MR) is 146 cm³/mol. The van der Waals surface area contributed by atoms with Crippen molar-refractivity contribution in [3.63, 3.8) is 0 Å². The molecule has 0 aromatic carbocycles. The first-order chi connectivity index (χ1) is 18.6. The number of hydrogen-bond donors (Lipinski definition) is 5. The zero-order chi connectivity index (χ0) is 28.9. The average molecular weight is 558 g/mol. The normalized spacial score (nSPS) is 29.8. The Balaban J connectivity index is 1.41. The zero-order valence-electron chi connectivity index (χ0n) is 24.0. The topological polar surface area (TPSA) is 157 Å². The Labute approximate surface area is 233 Å². The number of hydrogen-bond acceptors (Lipinski definition) is 9. The number of ether oxygens (including phenoxy) is 2. The quantitative estimate of drug-likeness (QED) is 0.0740. The molecule has 0 unspecified atom stereocenters. The molecular weight excluding hydrogens is 506 g/mol. The molecule has 0 spiro atoms. The van der Waals surface area contributed by atoms with Crippen LogP contribution in [0.5, 0.6) is 0 Å². The smallest absolute Gasteiger partial charge is 0.261 e. The van der Waals surface area contributed by atoms with Crippen LogP contribution in [0.15, 0.2) is 11.3 Å². The lowest BCUT2D eigenvalue weighted by Gasteiger charge is -2.39. The van der Waals surface area contributed by atoms with E-state index in [0.29, 0.717) is 6.61 Å². The summed E-state index contributed by atoms with van der Waals surface area (Å²) in [4.78, 5) is 25.9. The van der Waals surface area contributed by atoms with Crippen molar-refractivity contribution in [2.45, 2.75) is 134 Å². The van der Waals surface area contributed by atoms with Crippen LogP contribution >= 0.6 is 0 Å². The van der Waals surface area contributed by atoms with Gasteiger partial charge in [-0.2, -0.15) is 0 Å². The van der Waals surface area contributed by atoms with E-state index in [4.69, 9.17) is 9.47 Å². The lowest BCUT2D eigenvalue weighted by atomic mass is 9.95. The third-order valence-electron chi connectivity index (χ3n) is 8.13. The van der Waals surface area contributed by atoms with E-state index in [1.54, 1.807) is 14.0 Å². The number of allylic oxidation sites excluding steroid dienone is 1. The highest BCUT2D eigenvalue weighted by atomic mass is 16.7. The van der Waals surface area contributed by atoms with Crippen LogP contribution in [0.2, 0.25) is 0 Å². The lowest BCUT2D eigenvalue weighted by molar-refractivity contribution is -0.301. The molecule has 0 radical (unpaired) electrons. The Morgan fingerprint density at radius 2 is 1.38 bits per heavy atom. The molecule has 0 aliphatic carbocycles. The van der Waals surface area contributed by atoms with Gasteiger partial charge in [-0.3, -0.25) is 9.59 Å². The van der Waals surface area contributed by atoms with Crippen molar-refractivity contribution in [2.75, 3.05) is 20.3 Å². The van der Waals surface area contributed by atoms with Crippen LogP contribution in [0.3, 0.4) is 0 Å². The van der Waals surface area contributed by atoms with Gasteiger partial charge in [0.2, 0.25) is 0 Å². The Hall–Kier alpha value is -1.56. The molecule has 0 aromatic heterocycles. The summed E-state index contributed by atoms with van der Waals surface area (Å²) in [5.41, 5.74) is -0.0288. The maximum absolute atomic E-state index is 12.3. The Morgan fingerprint density at radius 3 is 1.87 bits per heavy atom. The van der Waals surface area contributed by atoms with Crippen LogP contribution in [-0.2, 0) is 19.1 Å². The second-order valence-electron chi connectivity index (χ2n) is 11.2. The SMILES string of the molecule is C[C@H](CCCCCCCCCCCCCCO[C@@H]1O[C@H](CO)[C@@H](O)[C@H](O)[C@@H]1O)C(O)=C1C(=O)[C@@H](C)N(C)C1=O. The molecule has 5 N–H and O–H groups in total. The van der Waals surface area contributed by atoms with Crippen molar-refractivity contribution in [1.82, 2.24) is 4.90 Å². The van der Waals surface area contributed by atoms with Crippen molar-refractivity contribution in [3.8, 4) is 0 Å². The number of ketones is 1. The summed E-state index contributed by atoms with van der Waals surface area (Å²) in [5, 5.41) is 49.2. The standard InChI is InChI=1S/C29H51NO9/c1-19(23(32)22-24(33)20(2)30(3)28(22)37)16-14-12-10-8-6-4-5-7-9-11-13-15-17-38-29-27(36)26(35)25(34)21(18-31)39-29/h19-21,25-27,29,31-32,34-36H,4-18H2,1-3H3/t19-,20-,21-,25-,26+,27+,29-/m1/s1. The van der Waals surface area contributed by atoms with Crippen molar-refractivity contribution >= 4 is 11.7 Å². The number of amides is 1. The van der Waals surface area contributed by atoms with E-state index >= 15 is 0 Å². The number of carbonyl (C=O) groups excluding carboxylic acids is 2. The summed E-state index contributed by atoms with van der Waals surface area (Å²) in [6.45, 7) is 3.48. The number of aliphatic hydroxyl groups is 5. The Morgan fingerprint density at radius 1 is 0.872 bits per heavy atom.